The van der Waals surface area contributed by atoms with Gasteiger partial charge in [0.05, 0.1) is 6.20 Å². The topological polar surface area (TPSA) is 59.2 Å². The van der Waals surface area contributed by atoms with Crippen molar-refractivity contribution in [3.63, 3.8) is 0 Å². The fourth-order valence-electron chi connectivity index (χ4n) is 1.13. The number of nitrogens with two attached hydrogens (primary N) is 1. The molecule has 0 unspecified atom stereocenters. The Labute approximate surface area is 87.9 Å². The Kier molecular flexibility index (Phi) is 4.17. The van der Waals surface area contributed by atoms with E-state index in [-0.39, 0.29) is 11.6 Å². The van der Waals surface area contributed by atoms with Gasteiger partial charge in [-0.05, 0) is 25.1 Å². The Morgan fingerprint density at radius 2 is 2.33 bits per heavy atom. The van der Waals surface area contributed by atoms with Crippen LogP contribution in [0.25, 0.3) is 0 Å². The summed E-state index contributed by atoms with van der Waals surface area (Å²) in [5.41, 5.74) is 5.58. The van der Waals surface area contributed by atoms with Crippen molar-refractivity contribution in [1.29, 1.82) is 0 Å². The molecule has 0 radical (unpaired) electrons. The Morgan fingerprint density at radius 3 is 2.87 bits per heavy atom. The molecule has 4 nitrogen and oxygen atoms in total. The highest BCUT2D eigenvalue weighted by molar-refractivity contribution is 5.91. The van der Waals surface area contributed by atoms with E-state index in [4.69, 9.17) is 5.73 Å². The zero-order chi connectivity index (χ0) is 11.3. The molecule has 0 aliphatic carbocycles. The molecule has 0 saturated heterocycles. The van der Waals surface area contributed by atoms with E-state index in [0.717, 1.165) is 12.6 Å². The Morgan fingerprint density at radius 1 is 1.60 bits per heavy atom. The summed E-state index contributed by atoms with van der Waals surface area (Å²) in [4.78, 5) is 16.9. The van der Waals surface area contributed by atoms with Crippen molar-refractivity contribution in [2.45, 2.75) is 6.42 Å². The second-order valence-corrected chi connectivity index (χ2v) is 3.23. The summed E-state index contributed by atoms with van der Waals surface area (Å²) < 4.78 is 12.5. The highest BCUT2D eigenvalue weighted by Crippen LogP contribution is 2.02. The van der Waals surface area contributed by atoms with Gasteiger partial charge < -0.3 is 10.6 Å². The summed E-state index contributed by atoms with van der Waals surface area (Å²) in [5, 5.41) is 0. The molecule has 1 aromatic rings. The molecule has 0 spiro atoms. The van der Waals surface area contributed by atoms with Crippen molar-refractivity contribution in [3.8, 4) is 0 Å². The van der Waals surface area contributed by atoms with Crippen LogP contribution in [0.2, 0.25) is 0 Å². The summed E-state index contributed by atoms with van der Waals surface area (Å²) in [6.07, 6.45) is 1.77. The van der Waals surface area contributed by atoms with Crippen LogP contribution in [0.1, 0.15) is 16.9 Å². The summed E-state index contributed by atoms with van der Waals surface area (Å²) in [6.45, 7) is 1.11. The van der Waals surface area contributed by atoms with E-state index in [1.165, 1.54) is 17.0 Å². The van der Waals surface area contributed by atoms with Crippen LogP contribution in [0, 0.1) is 5.82 Å². The van der Waals surface area contributed by atoms with Gasteiger partial charge in [0.2, 0.25) is 0 Å². The first kappa shape index (κ1) is 11.6. The van der Waals surface area contributed by atoms with Crippen LogP contribution in [0.4, 0.5) is 4.39 Å². The molecule has 1 amide bonds. The van der Waals surface area contributed by atoms with Crippen molar-refractivity contribution in [2.75, 3.05) is 20.1 Å². The molecule has 1 rings (SSSR count). The zero-order valence-corrected chi connectivity index (χ0v) is 8.61. The predicted octanol–water partition coefficient (Wildman–Crippen LogP) is 0.641. The SMILES string of the molecule is CN(CCCN)C(=O)c1ccc(F)cn1. The van der Waals surface area contributed by atoms with Crippen LogP contribution >= 0.6 is 0 Å². The molecule has 0 saturated carbocycles. The Balaban J connectivity index is 2.63. The second-order valence-electron chi connectivity index (χ2n) is 3.23. The molecule has 82 valence electrons. The van der Waals surface area contributed by atoms with Crippen molar-refractivity contribution in [2.24, 2.45) is 5.73 Å². The maximum absolute atomic E-state index is 12.5. The van der Waals surface area contributed by atoms with Gasteiger partial charge in [0, 0.05) is 13.6 Å². The highest BCUT2D eigenvalue weighted by atomic mass is 19.1. The third kappa shape index (κ3) is 3.28. The minimum atomic E-state index is -0.448. The predicted molar refractivity (Wildman–Crippen MR) is 54.8 cm³/mol. The minimum Gasteiger partial charge on any atom is -0.340 e. The lowest BCUT2D eigenvalue weighted by molar-refractivity contribution is 0.0788. The third-order valence-corrected chi connectivity index (χ3v) is 1.99. The number of rotatable bonds is 4. The van der Waals surface area contributed by atoms with Crippen molar-refractivity contribution in [3.05, 3.63) is 29.8 Å². The maximum Gasteiger partial charge on any atom is 0.272 e. The van der Waals surface area contributed by atoms with Crippen molar-refractivity contribution >= 4 is 5.91 Å². The first-order chi connectivity index (χ1) is 7.15. The lowest BCUT2D eigenvalue weighted by atomic mass is 10.3. The maximum atomic E-state index is 12.5. The summed E-state index contributed by atoms with van der Waals surface area (Å²) in [6, 6.07) is 2.59. The number of pyridine rings is 1. The average Bonchev–Trinajstić information content (AvgIpc) is 2.26. The number of aromatic nitrogens is 1. The van der Waals surface area contributed by atoms with Crippen LogP contribution in [0.15, 0.2) is 18.3 Å². The number of carbonyl (C=O) groups excluding carboxylic acids is 1. The Hall–Kier alpha value is -1.49. The lowest BCUT2D eigenvalue weighted by Crippen LogP contribution is -2.29. The van der Waals surface area contributed by atoms with E-state index in [2.05, 4.69) is 4.98 Å². The quantitative estimate of drug-likeness (QED) is 0.795. The van der Waals surface area contributed by atoms with Crippen molar-refractivity contribution < 1.29 is 9.18 Å². The van der Waals surface area contributed by atoms with E-state index in [1.807, 2.05) is 0 Å². The highest BCUT2D eigenvalue weighted by Gasteiger charge is 2.11. The summed E-state index contributed by atoms with van der Waals surface area (Å²) in [7, 11) is 1.67. The molecule has 15 heavy (non-hydrogen) atoms. The standard InChI is InChI=1S/C10H14FN3O/c1-14(6-2-5-12)10(15)9-4-3-8(11)7-13-9/h3-4,7H,2,5-6,12H2,1H3. The Bertz CT molecular complexity index is 326. The molecule has 0 aliphatic rings. The van der Waals surface area contributed by atoms with Crippen LogP contribution in [0.5, 0.6) is 0 Å². The third-order valence-electron chi connectivity index (χ3n) is 1.99. The molecule has 1 heterocycles. The van der Waals surface area contributed by atoms with Gasteiger partial charge in [0.25, 0.3) is 5.91 Å². The van der Waals surface area contributed by atoms with Crippen LogP contribution in [-0.4, -0.2) is 35.9 Å². The number of halogens is 1. The molecular weight excluding hydrogens is 197 g/mol. The number of amides is 1. The van der Waals surface area contributed by atoms with Gasteiger partial charge in [0.15, 0.2) is 0 Å². The molecular formula is C10H14FN3O. The van der Waals surface area contributed by atoms with E-state index in [0.29, 0.717) is 13.1 Å². The zero-order valence-electron chi connectivity index (χ0n) is 8.61. The molecule has 1 aromatic heterocycles. The lowest BCUT2D eigenvalue weighted by Gasteiger charge is -2.15. The number of nitrogens with zero attached hydrogens (tertiary/aromatic N) is 2. The second kappa shape index (κ2) is 5.41. The molecule has 0 aromatic carbocycles. The molecule has 0 bridgehead atoms. The first-order valence-electron chi connectivity index (χ1n) is 4.72. The molecule has 2 N–H and O–H groups in total. The van der Waals surface area contributed by atoms with Gasteiger partial charge in [-0.25, -0.2) is 9.37 Å². The minimum absolute atomic E-state index is 0.219. The van der Waals surface area contributed by atoms with Gasteiger partial charge in [-0.15, -0.1) is 0 Å². The molecule has 0 aliphatic heterocycles. The average molecular weight is 211 g/mol. The van der Waals surface area contributed by atoms with Crippen LogP contribution in [-0.2, 0) is 0 Å². The van der Waals surface area contributed by atoms with Gasteiger partial charge in [-0.2, -0.15) is 0 Å². The van der Waals surface area contributed by atoms with E-state index >= 15 is 0 Å². The normalized spacial score (nSPS) is 10.1. The van der Waals surface area contributed by atoms with Crippen LogP contribution < -0.4 is 5.73 Å². The number of hydrogen-bond donors (Lipinski definition) is 1. The van der Waals surface area contributed by atoms with Gasteiger partial charge in [-0.3, -0.25) is 4.79 Å². The molecule has 0 fully saturated rings. The van der Waals surface area contributed by atoms with E-state index in [9.17, 15) is 9.18 Å². The van der Waals surface area contributed by atoms with E-state index < -0.39 is 5.82 Å². The van der Waals surface area contributed by atoms with Crippen molar-refractivity contribution in [1.82, 2.24) is 9.88 Å². The summed E-state index contributed by atoms with van der Waals surface area (Å²) >= 11 is 0. The van der Waals surface area contributed by atoms with Gasteiger partial charge in [0.1, 0.15) is 11.5 Å². The summed E-state index contributed by atoms with van der Waals surface area (Å²) in [5.74, 6) is -0.667. The number of hydrogen-bond acceptors (Lipinski definition) is 3. The van der Waals surface area contributed by atoms with Gasteiger partial charge in [-0.1, -0.05) is 0 Å². The monoisotopic (exact) mass is 211 g/mol. The van der Waals surface area contributed by atoms with Gasteiger partial charge >= 0.3 is 0 Å². The molecule has 0 atom stereocenters. The van der Waals surface area contributed by atoms with E-state index in [1.54, 1.807) is 7.05 Å². The smallest absolute Gasteiger partial charge is 0.272 e. The first-order valence-corrected chi connectivity index (χ1v) is 4.72. The van der Waals surface area contributed by atoms with Crippen LogP contribution in [0.3, 0.4) is 0 Å². The fraction of sp³-hybridized carbons (Fsp3) is 0.400. The number of carbonyl (C=O) groups is 1. The fourth-order valence-corrected chi connectivity index (χ4v) is 1.13. The largest absolute Gasteiger partial charge is 0.340 e. The molecule has 5 heteroatoms.